The van der Waals surface area contributed by atoms with Crippen LogP contribution >= 0.6 is 11.6 Å². The Morgan fingerprint density at radius 3 is 2.54 bits per heavy atom. The number of rotatable bonds is 5. The van der Waals surface area contributed by atoms with E-state index in [2.05, 4.69) is 0 Å². The van der Waals surface area contributed by atoms with Crippen LogP contribution in [0, 0.1) is 6.92 Å². The monoisotopic (exact) mass is 392 g/mol. The molecule has 3 rings (SSSR count). The van der Waals surface area contributed by atoms with Gasteiger partial charge in [0.1, 0.15) is 0 Å². The lowest BCUT2D eigenvalue weighted by atomic mass is 10.2. The standard InChI is InChI=1S/C19H21ClN2O3S/c1-14-12-16(9-10-18(14)22-11-5-8-19(22)23)26(24,25)21(2)13-15-6-3-4-7-17(15)20/h3-4,6-7,9-10,12H,5,8,11,13H2,1-2H3. The second kappa shape index (κ2) is 7.39. The van der Waals surface area contributed by atoms with Gasteiger partial charge in [-0.2, -0.15) is 4.31 Å². The molecule has 1 saturated heterocycles. The molecule has 0 atom stereocenters. The molecule has 2 aromatic rings. The minimum Gasteiger partial charge on any atom is -0.312 e. The lowest BCUT2D eigenvalue weighted by Gasteiger charge is -2.21. The molecule has 0 bridgehead atoms. The van der Waals surface area contributed by atoms with Crippen molar-refractivity contribution in [2.24, 2.45) is 0 Å². The van der Waals surface area contributed by atoms with E-state index in [0.717, 1.165) is 23.2 Å². The van der Waals surface area contributed by atoms with Gasteiger partial charge >= 0.3 is 0 Å². The molecule has 5 nitrogen and oxygen atoms in total. The quantitative estimate of drug-likeness (QED) is 0.781. The first kappa shape index (κ1) is 18.9. The molecule has 7 heteroatoms. The van der Waals surface area contributed by atoms with Crippen molar-refractivity contribution in [2.45, 2.75) is 31.2 Å². The number of carbonyl (C=O) groups is 1. The van der Waals surface area contributed by atoms with Gasteiger partial charge in [0.25, 0.3) is 0 Å². The van der Waals surface area contributed by atoms with Gasteiger partial charge in [-0.15, -0.1) is 0 Å². The first-order valence-electron chi connectivity index (χ1n) is 8.41. The average molecular weight is 393 g/mol. The molecule has 0 saturated carbocycles. The highest BCUT2D eigenvalue weighted by Gasteiger charge is 2.26. The Labute approximate surface area is 159 Å². The molecule has 26 heavy (non-hydrogen) atoms. The lowest BCUT2D eigenvalue weighted by Crippen LogP contribution is -2.27. The Bertz CT molecular complexity index is 944. The summed E-state index contributed by atoms with van der Waals surface area (Å²) < 4.78 is 27.1. The van der Waals surface area contributed by atoms with Gasteiger partial charge < -0.3 is 4.90 Å². The second-order valence-electron chi connectivity index (χ2n) is 6.45. The summed E-state index contributed by atoms with van der Waals surface area (Å²) in [7, 11) is -2.13. The number of benzene rings is 2. The van der Waals surface area contributed by atoms with Crippen molar-refractivity contribution in [1.29, 1.82) is 0 Å². The number of halogens is 1. The van der Waals surface area contributed by atoms with Crippen molar-refractivity contribution in [3.63, 3.8) is 0 Å². The summed E-state index contributed by atoms with van der Waals surface area (Å²) in [5.74, 6) is 0.0829. The second-order valence-corrected chi connectivity index (χ2v) is 8.90. The Hall–Kier alpha value is -1.89. The molecule has 0 spiro atoms. The normalized spacial score (nSPS) is 15.1. The van der Waals surface area contributed by atoms with E-state index < -0.39 is 10.0 Å². The van der Waals surface area contributed by atoms with E-state index in [4.69, 9.17) is 11.6 Å². The molecule has 0 N–H and O–H groups in total. The van der Waals surface area contributed by atoms with Crippen LogP contribution in [0.15, 0.2) is 47.4 Å². The van der Waals surface area contributed by atoms with Crippen molar-refractivity contribution in [3.05, 3.63) is 58.6 Å². The number of aryl methyl sites for hydroxylation is 1. The molecule has 2 aromatic carbocycles. The number of hydrogen-bond acceptors (Lipinski definition) is 3. The van der Waals surface area contributed by atoms with Crippen LogP contribution in [0.1, 0.15) is 24.0 Å². The molecule has 138 valence electrons. The van der Waals surface area contributed by atoms with E-state index in [1.165, 1.54) is 11.4 Å². The smallest absolute Gasteiger partial charge is 0.243 e. The highest BCUT2D eigenvalue weighted by atomic mass is 35.5. The number of sulfonamides is 1. The van der Waals surface area contributed by atoms with Crippen molar-refractivity contribution in [1.82, 2.24) is 4.31 Å². The maximum atomic E-state index is 12.9. The van der Waals surface area contributed by atoms with Crippen molar-refractivity contribution in [2.75, 3.05) is 18.5 Å². The summed E-state index contributed by atoms with van der Waals surface area (Å²) in [5, 5.41) is 0.536. The van der Waals surface area contributed by atoms with E-state index >= 15 is 0 Å². The molecule has 1 aliphatic heterocycles. The summed E-state index contributed by atoms with van der Waals surface area (Å²) in [6.45, 7) is 2.69. The predicted molar refractivity (Wildman–Crippen MR) is 103 cm³/mol. The summed E-state index contributed by atoms with van der Waals surface area (Å²) in [6, 6.07) is 12.1. The summed E-state index contributed by atoms with van der Waals surface area (Å²) in [4.78, 5) is 13.9. The molecule has 1 fully saturated rings. The lowest BCUT2D eigenvalue weighted by molar-refractivity contribution is -0.117. The fraction of sp³-hybridized carbons (Fsp3) is 0.316. The zero-order valence-corrected chi connectivity index (χ0v) is 16.3. The fourth-order valence-electron chi connectivity index (χ4n) is 3.13. The number of carbonyl (C=O) groups excluding carboxylic acids is 1. The van der Waals surface area contributed by atoms with Crippen molar-refractivity contribution in [3.8, 4) is 0 Å². The van der Waals surface area contributed by atoms with Gasteiger partial charge in [0.15, 0.2) is 0 Å². The topological polar surface area (TPSA) is 57.7 Å². The zero-order chi connectivity index (χ0) is 18.9. The maximum absolute atomic E-state index is 12.9. The van der Waals surface area contributed by atoms with Crippen LogP contribution in [-0.4, -0.2) is 32.2 Å². The zero-order valence-electron chi connectivity index (χ0n) is 14.8. The van der Waals surface area contributed by atoms with Crippen LogP contribution < -0.4 is 4.90 Å². The van der Waals surface area contributed by atoms with Gasteiger partial charge in [-0.05, 0) is 48.7 Å². The highest BCUT2D eigenvalue weighted by Crippen LogP contribution is 2.29. The number of hydrogen-bond donors (Lipinski definition) is 0. The first-order valence-corrected chi connectivity index (χ1v) is 10.2. The number of amides is 1. The van der Waals surface area contributed by atoms with Crippen LogP contribution in [0.25, 0.3) is 0 Å². The minimum absolute atomic E-state index is 0.0829. The highest BCUT2D eigenvalue weighted by molar-refractivity contribution is 7.89. The summed E-state index contributed by atoms with van der Waals surface area (Å²) >= 11 is 6.14. The van der Waals surface area contributed by atoms with E-state index in [-0.39, 0.29) is 17.3 Å². The number of anilines is 1. The van der Waals surface area contributed by atoms with Gasteiger partial charge in [-0.25, -0.2) is 8.42 Å². The molecule has 1 aliphatic rings. The van der Waals surface area contributed by atoms with E-state index in [1.54, 1.807) is 29.2 Å². The van der Waals surface area contributed by atoms with Gasteiger partial charge in [0.2, 0.25) is 15.9 Å². The third-order valence-corrected chi connectivity index (χ3v) is 6.76. The molecular weight excluding hydrogens is 372 g/mol. The summed E-state index contributed by atoms with van der Waals surface area (Å²) in [6.07, 6.45) is 1.37. The molecule has 1 heterocycles. The van der Waals surface area contributed by atoms with Gasteiger partial charge in [0.05, 0.1) is 4.90 Å². The SMILES string of the molecule is Cc1cc(S(=O)(=O)N(C)Cc2ccccc2Cl)ccc1N1CCCC1=O. The fourth-order valence-corrected chi connectivity index (χ4v) is 4.56. The Kier molecular flexibility index (Phi) is 5.37. The minimum atomic E-state index is -3.66. The first-order chi connectivity index (χ1) is 12.3. The third kappa shape index (κ3) is 3.63. The average Bonchev–Trinajstić information content (AvgIpc) is 3.02. The third-order valence-electron chi connectivity index (χ3n) is 4.59. The van der Waals surface area contributed by atoms with Gasteiger partial charge in [0, 0.05) is 37.3 Å². The van der Waals surface area contributed by atoms with E-state index in [9.17, 15) is 13.2 Å². The molecular formula is C19H21ClN2O3S. The van der Waals surface area contributed by atoms with Gasteiger partial charge in [-0.1, -0.05) is 29.8 Å². The molecule has 0 aromatic heterocycles. The molecule has 1 amide bonds. The van der Waals surface area contributed by atoms with Crippen LogP contribution in [0.4, 0.5) is 5.69 Å². The predicted octanol–water partition coefficient (Wildman–Crippen LogP) is 3.60. The van der Waals surface area contributed by atoms with E-state index in [1.807, 2.05) is 25.1 Å². The van der Waals surface area contributed by atoms with Crippen LogP contribution in [0.2, 0.25) is 5.02 Å². The van der Waals surface area contributed by atoms with Gasteiger partial charge in [-0.3, -0.25) is 4.79 Å². The van der Waals surface area contributed by atoms with E-state index in [0.29, 0.717) is 18.0 Å². The van der Waals surface area contributed by atoms with Crippen LogP contribution in [-0.2, 0) is 21.4 Å². The van der Waals surface area contributed by atoms with Crippen LogP contribution in [0.5, 0.6) is 0 Å². The molecule has 0 radical (unpaired) electrons. The summed E-state index contributed by atoms with van der Waals surface area (Å²) in [5.41, 5.74) is 2.30. The maximum Gasteiger partial charge on any atom is 0.243 e. The van der Waals surface area contributed by atoms with Crippen molar-refractivity contribution < 1.29 is 13.2 Å². The Morgan fingerprint density at radius 1 is 1.19 bits per heavy atom. The Morgan fingerprint density at radius 2 is 1.92 bits per heavy atom. The molecule has 0 aliphatic carbocycles. The van der Waals surface area contributed by atoms with Crippen LogP contribution in [0.3, 0.4) is 0 Å². The molecule has 0 unspecified atom stereocenters. The number of nitrogens with zero attached hydrogens (tertiary/aromatic N) is 2. The Balaban J connectivity index is 1.86. The largest absolute Gasteiger partial charge is 0.312 e. The van der Waals surface area contributed by atoms with Crippen molar-refractivity contribution >= 4 is 33.2 Å².